The lowest BCUT2D eigenvalue weighted by molar-refractivity contribution is -0.0891. The highest BCUT2D eigenvalue weighted by Crippen LogP contribution is 2.65. The van der Waals surface area contributed by atoms with Crippen molar-refractivity contribution in [3.63, 3.8) is 0 Å². The molecule has 21 nitrogen and oxygen atoms in total. The average molecular weight is 721 g/mol. The third-order valence-electron chi connectivity index (χ3n) is 8.20. The minimum Gasteiger partial charge on any atom is -0.387 e. The molecule has 7 unspecified atom stereocenters. The predicted molar refractivity (Wildman–Crippen MR) is 156 cm³/mol. The minimum atomic E-state index is -4.86. The highest BCUT2D eigenvalue weighted by molar-refractivity contribution is 8.07. The number of aromatic nitrogens is 8. The van der Waals surface area contributed by atoms with E-state index in [4.69, 9.17) is 62.4 Å². The third kappa shape index (κ3) is 4.88. The largest absolute Gasteiger partial charge is 0.472 e. The first-order valence-corrected chi connectivity index (χ1v) is 17.9. The van der Waals surface area contributed by atoms with Crippen LogP contribution >= 0.6 is 26.1 Å². The van der Waals surface area contributed by atoms with Crippen molar-refractivity contribution in [2.24, 2.45) is 5.92 Å². The first-order valence-electron chi connectivity index (χ1n) is 13.5. The van der Waals surface area contributed by atoms with E-state index in [9.17, 15) is 24.3 Å². The van der Waals surface area contributed by atoms with Crippen molar-refractivity contribution >= 4 is 72.0 Å². The number of halogens is 1. The van der Waals surface area contributed by atoms with Gasteiger partial charge in [-0.3, -0.25) is 32.5 Å². The zero-order chi connectivity index (χ0) is 32.3. The van der Waals surface area contributed by atoms with Crippen LogP contribution in [0.4, 0.5) is 11.8 Å². The van der Waals surface area contributed by atoms with Gasteiger partial charge in [0.15, 0.2) is 34.6 Å². The van der Waals surface area contributed by atoms with Crippen LogP contribution in [0.3, 0.4) is 0 Å². The Hall–Kier alpha value is -2.69. The SMILES string of the molecule is Nc1nc2c(ncn2[C@@H]2O[C@@H]3COP(=O)(O)OC4C5CC5(n5cnc6c(N)nc(Cl)nc65)O[C@@H]4COP(O)(=S)OC2C3O)c(=O)[nH]1. The molecule has 46 heavy (non-hydrogen) atoms. The van der Waals surface area contributed by atoms with Crippen molar-refractivity contribution in [3.8, 4) is 0 Å². The van der Waals surface area contributed by atoms with Crippen LogP contribution in [0, 0.1) is 5.92 Å². The third-order valence-corrected chi connectivity index (χ3v) is 10.9. The van der Waals surface area contributed by atoms with Gasteiger partial charge in [-0.05, 0) is 23.4 Å². The van der Waals surface area contributed by atoms with Gasteiger partial charge >= 0.3 is 14.5 Å². The molecule has 10 atom stereocenters. The number of imidazole rings is 2. The molecule has 4 aromatic heterocycles. The van der Waals surface area contributed by atoms with E-state index >= 15 is 0 Å². The van der Waals surface area contributed by atoms with Crippen LogP contribution in [0.15, 0.2) is 17.4 Å². The van der Waals surface area contributed by atoms with Crippen molar-refractivity contribution in [2.45, 2.75) is 48.9 Å². The lowest BCUT2D eigenvalue weighted by Crippen LogP contribution is -2.35. The fourth-order valence-corrected chi connectivity index (χ4v) is 8.73. The number of hydrogen-bond donors (Lipinski definition) is 6. The van der Waals surface area contributed by atoms with E-state index in [1.165, 1.54) is 17.2 Å². The molecule has 0 radical (unpaired) electrons. The maximum absolute atomic E-state index is 13.3. The number of nitrogens with one attached hydrogen (secondary N) is 1. The minimum absolute atomic E-state index is 0.0369. The summed E-state index contributed by atoms with van der Waals surface area (Å²) in [5.41, 5.74) is 10.2. The summed E-state index contributed by atoms with van der Waals surface area (Å²) >= 11 is 11.3. The maximum Gasteiger partial charge on any atom is 0.472 e. The van der Waals surface area contributed by atoms with Crippen molar-refractivity contribution in [1.29, 1.82) is 0 Å². The highest BCUT2D eigenvalue weighted by Gasteiger charge is 2.71. The molecular weight excluding hydrogens is 698 g/mol. The fraction of sp³-hybridized carbons (Fsp3) is 0.524. The molecule has 1 saturated carbocycles. The number of fused-ring (bicyclic) bond motifs is 7. The van der Waals surface area contributed by atoms with Crippen molar-refractivity contribution in [3.05, 3.63) is 28.3 Å². The van der Waals surface area contributed by atoms with E-state index in [0.717, 1.165) is 0 Å². The van der Waals surface area contributed by atoms with Crippen LogP contribution in [-0.2, 0) is 49.7 Å². The van der Waals surface area contributed by atoms with Gasteiger partial charge in [0.1, 0.15) is 36.0 Å². The Morgan fingerprint density at radius 1 is 1.04 bits per heavy atom. The molecule has 2 bridgehead atoms. The predicted octanol–water partition coefficient (Wildman–Crippen LogP) is -0.759. The van der Waals surface area contributed by atoms with Gasteiger partial charge in [-0.25, -0.2) is 14.5 Å². The summed E-state index contributed by atoms with van der Waals surface area (Å²) in [6, 6.07) is 0. The topological polar surface area (TPSA) is 292 Å². The lowest BCUT2D eigenvalue weighted by atomic mass is 10.1. The van der Waals surface area contributed by atoms with Gasteiger partial charge in [-0.1, -0.05) is 0 Å². The van der Waals surface area contributed by atoms with Gasteiger partial charge in [-0.2, -0.15) is 15.0 Å². The van der Waals surface area contributed by atoms with Crippen LogP contribution < -0.4 is 17.0 Å². The van der Waals surface area contributed by atoms with Gasteiger partial charge in [0.2, 0.25) is 11.2 Å². The van der Waals surface area contributed by atoms with Gasteiger partial charge < -0.3 is 40.4 Å². The second-order valence-corrected chi connectivity index (χ2v) is 15.5. The number of ether oxygens (including phenoxy) is 2. The number of nitrogens with zero attached hydrogens (tertiary/aromatic N) is 7. The number of aliphatic hydroxyl groups is 1. The molecule has 0 spiro atoms. The van der Waals surface area contributed by atoms with E-state index in [1.54, 1.807) is 4.57 Å². The Morgan fingerprint density at radius 3 is 2.61 bits per heavy atom. The van der Waals surface area contributed by atoms with Crippen molar-refractivity contribution in [2.75, 3.05) is 24.7 Å². The zero-order valence-electron chi connectivity index (χ0n) is 22.9. The van der Waals surface area contributed by atoms with Crippen molar-refractivity contribution in [1.82, 2.24) is 39.0 Å². The quantitative estimate of drug-likeness (QED) is 0.110. The highest BCUT2D eigenvalue weighted by atomic mass is 35.5. The standard InChI is InChI=1S/C21H23ClN10O11P2S/c22-19-27-14(23)9-16(28-19)32(5-26-9)21-1-6(21)12-8(41-21)3-39-45(37,46)43-13-11(33)7(2-38-44(35,36)42-12)40-18(13)31-4-25-10-15(31)29-20(24)30-17(10)34/h4-8,11-13,18,33H,1-3H2,(H,35,36)(H,37,46)(H2,23,27,28)(H3,24,29,30,34)/t6?,7-,8-,11?,12?,13?,18-,21?,45?/m1/s1. The van der Waals surface area contributed by atoms with Crippen LogP contribution in [0.1, 0.15) is 12.6 Å². The maximum atomic E-state index is 13.3. The molecule has 0 aromatic carbocycles. The molecular formula is C21H23ClN10O11P2S. The summed E-state index contributed by atoms with van der Waals surface area (Å²) in [7, 11) is -4.86. The summed E-state index contributed by atoms with van der Waals surface area (Å²) in [5, 5.41) is 11.0. The van der Waals surface area contributed by atoms with E-state index < -0.39 is 81.7 Å². The average Bonchev–Trinajstić information content (AvgIpc) is 3.31. The Bertz CT molecular complexity index is 2070. The molecule has 4 aliphatic rings. The molecule has 246 valence electrons. The smallest absolute Gasteiger partial charge is 0.387 e. The molecule has 8 rings (SSSR count). The second-order valence-electron chi connectivity index (χ2n) is 11.0. The van der Waals surface area contributed by atoms with Gasteiger partial charge in [-0.15, -0.1) is 0 Å². The first-order chi connectivity index (χ1) is 21.8. The van der Waals surface area contributed by atoms with Gasteiger partial charge in [0.25, 0.3) is 5.56 Å². The monoisotopic (exact) mass is 720 g/mol. The van der Waals surface area contributed by atoms with E-state index in [0.29, 0.717) is 6.42 Å². The first kappa shape index (κ1) is 30.6. The lowest BCUT2D eigenvalue weighted by Gasteiger charge is -2.28. The van der Waals surface area contributed by atoms with Crippen LogP contribution in [0.2, 0.25) is 5.28 Å². The van der Waals surface area contributed by atoms with E-state index in [2.05, 4.69) is 29.9 Å². The summed E-state index contributed by atoms with van der Waals surface area (Å²) in [6.45, 7) is -5.35. The molecule has 3 aliphatic heterocycles. The normalized spacial score (nSPS) is 39.4. The number of phosphoric acid groups is 1. The Kier molecular flexibility index (Phi) is 6.93. The number of hydrogen-bond acceptors (Lipinski definition) is 17. The summed E-state index contributed by atoms with van der Waals surface area (Å²) in [6.07, 6.45) is -4.99. The van der Waals surface area contributed by atoms with Gasteiger partial charge in [0, 0.05) is 12.3 Å². The van der Waals surface area contributed by atoms with E-state index in [-0.39, 0.29) is 39.4 Å². The second kappa shape index (κ2) is 10.4. The number of aliphatic hydroxyl groups excluding tert-OH is 1. The number of nitrogen functional groups attached to an aromatic ring is 2. The molecule has 8 N–H and O–H groups in total. The van der Waals surface area contributed by atoms with E-state index in [1.807, 2.05) is 0 Å². The van der Waals surface area contributed by atoms with Crippen LogP contribution in [0.5, 0.6) is 0 Å². The molecule has 25 heteroatoms. The fourth-order valence-electron chi connectivity index (χ4n) is 6.15. The Labute approximate surface area is 265 Å². The molecule has 4 aromatic rings. The summed E-state index contributed by atoms with van der Waals surface area (Å²) < 4.78 is 50.6. The number of phosphoric ester groups is 1. The van der Waals surface area contributed by atoms with Crippen LogP contribution in [-0.4, -0.2) is 97.7 Å². The molecule has 7 heterocycles. The number of H-pyrrole nitrogens is 1. The number of anilines is 2. The molecule has 3 saturated heterocycles. The summed E-state index contributed by atoms with van der Waals surface area (Å²) in [5.74, 6) is -0.725. The Morgan fingerprint density at radius 2 is 1.80 bits per heavy atom. The van der Waals surface area contributed by atoms with Crippen molar-refractivity contribution < 1.29 is 47.0 Å². The Balaban J connectivity index is 1.12. The number of rotatable bonds is 2. The van der Waals surface area contributed by atoms with Gasteiger partial charge in [0.05, 0.1) is 25.9 Å². The summed E-state index contributed by atoms with van der Waals surface area (Å²) in [4.78, 5) is 57.1. The number of nitrogens with two attached hydrogens (primary N) is 2. The zero-order valence-corrected chi connectivity index (χ0v) is 26.3. The molecule has 1 aliphatic carbocycles. The molecule has 0 amide bonds. The number of aromatic amines is 1. The van der Waals surface area contributed by atoms with Crippen LogP contribution in [0.25, 0.3) is 22.3 Å². The molecule has 4 fully saturated rings.